The Balaban J connectivity index is 1.50. The Hall–Kier alpha value is -2.28. The van der Waals surface area contributed by atoms with Gasteiger partial charge in [-0.1, -0.05) is 26.7 Å². The Kier molecular flexibility index (Phi) is 7.94. The summed E-state index contributed by atoms with van der Waals surface area (Å²) in [4.78, 5) is 27.2. The van der Waals surface area contributed by atoms with Crippen LogP contribution in [0.1, 0.15) is 76.0 Å². The molecule has 1 aliphatic carbocycles. The number of hydrogen-bond donors (Lipinski definition) is 1. The van der Waals surface area contributed by atoms with Crippen LogP contribution in [0.2, 0.25) is 0 Å². The molecule has 0 radical (unpaired) electrons. The molecule has 0 unspecified atom stereocenters. The Morgan fingerprint density at radius 2 is 1.80 bits per heavy atom. The maximum atomic E-state index is 12.8. The van der Waals surface area contributed by atoms with Crippen molar-refractivity contribution in [2.45, 2.75) is 71.3 Å². The van der Waals surface area contributed by atoms with Crippen LogP contribution in [-0.2, 0) is 20.7 Å². The molecule has 1 aromatic rings. The van der Waals surface area contributed by atoms with E-state index < -0.39 is 11.4 Å². The molecule has 7 nitrogen and oxygen atoms in total. The number of fused-ring (bicyclic) bond motifs is 3. The molecule has 3 aliphatic rings. The molecule has 3 atom stereocenters. The van der Waals surface area contributed by atoms with Gasteiger partial charge >= 0.3 is 11.9 Å². The van der Waals surface area contributed by atoms with Crippen LogP contribution in [0, 0.1) is 23.2 Å². The third-order valence-electron chi connectivity index (χ3n) is 8.50. The number of carboxylic acids is 1. The van der Waals surface area contributed by atoms with Crippen molar-refractivity contribution < 1.29 is 28.9 Å². The molecule has 0 amide bonds. The minimum Gasteiger partial charge on any atom is -0.493 e. The lowest BCUT2D eigenvalue weighted by Crippen LogP contribution is -2.47. The number of nitrogens with zero attached hydrogens (tertiary/aromatic N) is 1. The number of carbonyl (C=O) groups excluding carboxylic acids is 1. The van der Waals surface area contributed by atoms with E-state index in [0.717, 1.165) is 56.7 Å². The molecule has 2 heterocycles. The molecule has 194 valence electrons. The minimum atomic E-state index is -0.935. The molecule has 7 heteroatoms. The second-order valence-electron chi connectivity index (χ2n) is 11.2. The molecule has 1 saturated carbocycles. The van der Waals surface area contributed by atoms with Crippen LogP contribution in [0.25, 0.3) is 0 Å². The van der Waals surface area contributed by atoms with Crippen molar-refractivity contribution in [2.75, 3.05) is 33.9 Å². The van der Waals surface area contributed by atoms with Gasteiger partial charge in [-0.2, -0.15) is 0 Å². The first-order chi connectivity index (χ1) is 16.8. The average Bonchev–Trinajstić information content (AvgIpc) is 3.31. The van der Waals surface area contributed by atoms with Crippen molar-refractivity contribution in [2.24, 2.45) is 23.2 Å². The third-order valence-corrected chi connectivity index (χ3v) is 8.50. The molecule has 1 aromatic carbocycles. The first kappa shape index (κ1) is 25.8. The predicted molar refractivity (Wildman–Crippen MR) is 133 cm³/mol. The van der Waals surface area contributed by atoms with Gasteiger partial charge in [0.05, 0.1) is 32.7 Å². The standard InChI is InChI=1S/C28H41NO6/c1-18(2)11-20-16-29-10-7-19-13-24(33-3)25(34-4)14-22(19)23(29)12-21(20)17-35-26(30)15-28(27(31)32)8-5-6-9-28/h13-14,18,20-21,23H,5-12,15-17H2,1-4H3,(H,31,32)/t20-,21+,23-/m1/s1. The lowest BCUT2D eigenvalue weighted by Gasteiger charge is -2.47. The summed E-state index contributed by atoms with van der Waals surface area (Å²) >= 11 is 0. The van der Waals surface area contributed by atoms with Gasteiger partial charge in [-0.25, -0.2) is 0 Å². The summed E-state index contributed by atoms with van der Waals surface area (Å²) in [6, 6.07) is 4.48. The molecule has 2 aliphatic heterocycles. The molecule has 35 heavy (non-hydrogen) atoms. The highest BCUT2D eigenvalue weighted by molar-refractivity contribution is 5.82. The molecule has 0 spiro atoms. The maximum absolute atomic E-state index is 12.8. The zero-order valence-corrected chi connectivity index (χ0v) is 21.7. The Labute approximate surface area is 209 Å². The van der Waals surface area contributed by atoms with Crippen molar-refractivity contribution in [3.63, 3.8) is 0 Å². The van der Waals surface area contributed by atoms with Gasteiger partial charge in [0, 0.05) is 19.1 Å². The van der Waals surface area contributed by atoms with Crippen molar-refractivity contribution >= 4 is 11.9 Å². The van der Waals surface area contributed by atoms with Gasteiger partial charge in [-0.15, -0.1) is 0 Å². The fraction of sp³-hybridized carbons (Fsp3) is 0.714. The van der Waals surface area contributed by atoms with E-state index in [1.165, 1.54) is 11.1 Å². The van der Waals surface area contributed by atoms with E-state index >= 15 is 0 Å². The molecular weight excluding hydrogens is 446 g/mol. The summed E-state index contributed by atoms with van der Waals surface area (Å²) in [7, 11) is 3.34. The number of ether oxygens (including phenoxy) is 3. The van der Waals surface area contributed by atoms with Gasteiger partial charge in [-0.05, 0) is 73.1 Å². The van der Waals surface area contributed by atoms with Crippen LogP contribution in [0.4, 0.5) is 0 Å². The number of benzene rings is 1. The first-order valence-corrected chi connectivity index (χ1v) is 13.1. The van der Waals surface area contributed by atoms with Crippen molar-refractivity contribution in [1.82, 2.24) is 4.90 Å². The van der Waals surface area contributed by atoms with Crippen molar-refractivity contribution in [3.8, 4) is 11.5 Å². The van der Waals surface area contributed by atoms with Gasteiger partial charge in [0.1, 0.15) is 0 Å². The Morgan fingerprint density at radius 3 is 2.43 bits per heavy atom. The Morgan fingerprint density at radius 1 is 1.11 bits per heavy atom. The monoisotopic (exact) mass is 487 g/mol. The zero-order valence-electron chi connectivity index (χ0n) is 21.7. The number of esters is 1. The summed E-state index contributed by atoms with van der Waals surface area (Å²) in [5.74, 6) is 1.53. The number of methoxy groups -OCH3 is 2. The zero-order chi connectivity index (χ0) is 25.2. The highest BCUT2D eigenvalue weighted by Gasteiger charge is 2.44. The van der Waals surface area contributed by atoms with Gasteiger partial charge in [0.2, 0.25) is 0 Å². The highest BCUT2D eigenvalue weighted by Crippen LogP contribution is 2.46. The lowest BCUT2D eigenvalue weighted by molar-refractivity contribution is -0.159. The Bertz CT molecular complexity index is 922. The van der Waals surface area contributed by atoms with Crippen LogP contribution >= 0.6 is 0 Å². The van der Waals surface area contributed by atoms with E-state index in [2.05, 4.69) is 30.9 Å². The molecule has 1 N–H and O–H groups in total. The number of carbonyl (C=O) groups is 2. The van der Waals surface area contributed by atoms with Crippen LogP contribution in [-0.4, -0.2) is 55.9 Å². The summed E-state index contributed by atoms with van der Waals surface area (Å²) in [5, 5.41) is 9.74. The second kappa shape index (κ2) is 10.8. The van der Waals surface area contributed by atoms with E-state index in [9.17, 15) is 14.7 Å². The minimum absolute atomic E-state index is 0.0146. The van der Waals surface area contributed by atoms with Gasteiger partial charge in [0.15, 0.2) is 11.5 Å². The number of aliphatic carboxylic acids is 1. The first-order valence-electron chi connectivity index (χ1n) is 13.1. The van der Waals surface area contributed by atoms with Crippen LogP contribution in [0.3, 0.4) is 0 Å². The third kappa shape index (κ3) is 5.45. The van der Waals surface area contributed by atoms with Crippen molar-refractivity contribution in [1.29, 1.82) is 0 Å². The fourth-order valence-corrected chi connectivity index (χ4v) is 6.63. The number of piperidine rings is 1. The predicted octanol–water partition coefficient (Wildman–Crippen LogP) is 4.86. The fourth-order valence-electron chi connectivity index (χ4n) is 6.63. The van der Waals surface area contributed by atoms with E-state index in [1.54, 1.807) is 14.2 Å². The summed E-state index contributed by atoms with van der Waals surface area (Å²) in [5.41, 5.74) is 1.64. The van der Waals surface area contributed by atoms with Crippen LogP contribution in [0.15, 0.2) is 12.1 Å². The van der Waals surface area contributed by atoms with Crippen LogP contribution < -0.4 is 9.47 Å². The van der Waals surface area contributed by atoms with E-state index in [4.69, 9.17) is 14.2 Å². The summed E-state index contributed by atoms with van der Waals surface area (Å²) < 4.78 is 16.9. The van der Waals surface area contributed by atoms with E-state index in [0.29, 0.717) is 31.3 Å². The van der Waals surface area contributed by atoms with E-state index in [-0.39, 0.29) is 24.3 Å². The molecule has 2 fully saturated rings. The summed E-state index contributed by atoms with van der Waals surface area (Å²) in [6.45, 7) is 6.84. The molecule has 0 bridgehead atoms. The number of carboxylic acid groups (broad SMARTS) is 1. The normalized spacial score (nSPS) is 25.6. The molecule has 1 saturated heterocycles. The smallest absolute Gasteiger partial charge is 0.310 e. The molecular formula is C28H41NO6. The van der Waals surface area contributed by atoms with Crippen molar-refractivity contribution in [3.05, 3.63) is 23.3 Å². The second-order valence-corrected chi connectivity index (χ2v) is 11.2. The van der Waals surface area contributed by atoms with Gasteiger partial charge < -0.3 is 19.3 Å². The highest BCUT2D eigenvalue weighted by atomic mass is 16.5. The SMILES string of the molecule is COc1cc2c(cc1OC)[C@H]1C[C@@H](COC(=O)CC3(C(=O)O)CCCC3)[C@H](CC(C)C)CN1CC2. The van der Waals surface area contributed by atoms with E-state index in [1.807, 2.05) is 0 Å². The maximum Gasteiger partial charge on any atom is 0.310 e. The quantitative estimate of drug-likeness (QED) is 0.498. The molecule has 4 rings (SSSR count). The largest absolute Gasteiger partial charge is 0.493 e. The lowest BCUT2D eigenvalue weighted by atomic mass is 9.74. The summed E-state index contributed by atoms with van der Waals surface area (Å²) in [6.07, 6.45) is 5.83. The van der Waals surface area contributed by atoms with Crippen LogP contribution in [0.5, 0.6) is 11.5 Å². The molecule has 0 aromatic heterocycles. The average molecular weight is 488 g/mol. The number of rotatable bonds is 9. The number of hydrogen-bond acceptors (Lipinski definition) is 6. The van der Waals surface area contributed by atoms with Gasteiger partial charge in [-0.3, -0.25) is 14.5 Å². The topological polar surface area (TPSA) is 85.3 Å². The van der Waals surface area contributed by atoms with Gasteiger partial charge in [0.25, 0.3) is 0 Å².